The van der Waals surface area contributed by atoms with Crippen LogP contribution in [0.15, 0.2) is 193 Å². The zero-order chi connectivity index (χ0) is 40.5. The molecule has 0 N–H and O–H groups in total. The van der Waals surface area contributed by atoms with Crippen molar-refractivity contribution in [2.24, 2.45) is 11.8 Å². The molecule has 0 amide bonds. The molecule has 2 heteroatoms. The van der Waals surface area contributed by atoms with Crippen LogP contribution in [0.1, 0.15) is 68.8 Å². The number of rotatable bonds is 6. The molecule has 1 heterocycles. The molecule has 2 bridgehead atoms. The van der Waals surface area contributed by atoms with E-state index in [2.05, 4.69) is 225 Å². The Morgan fingerprint density at radius 1 is 0.617 bits per heavy atom. The van der Waals surface area contributed by atoms with Gasteiger partial charge in [0, 0.05) is 39.5 Å². The highest BCUT2D eigenvalue weighted by atomic mass is 15.1. The molecule has 5 aliphatic rings. The lowest BCUT2D eigenvalue weighted by atomic mass is 9.79. The van der Waals surface area contributed by atoms with Crippen LogP contribution < -0.4 is 4.90 Å². The fourth-order valence-electron chi connectivity index (χ4n) is 10.5. The van der Waals surface area contributed by atoms with Crippen LogP contribution in [0.25, 0.3) is 50.5 Å². The SMILES string of the molecule is CC1C=C(n2c3c(c4cc(-c5ccc(N(c6ccc(-c7ccccc7)cc6)c6ccc7c(c6)C(C)(C)C6=C7C(C)CC=C6)cc5)ccc42)C2C=CC=CC(=C2)C=C3)C=CC1. The van der Waals surface area contributed by atoms with E-state index in [0.29, 0.717) is 11.8 Å². The summed E-state index contributed by atoms with van der Waals surface area (Å²) in [5.74, 6) is 1.21. The minimum Gasteiger partial charge on any atom is -0.310 e. The fourth-order valence-corrected chi connectivity index (χ4v) is 10.5. The quantitative estimate of drug-likeness (QED) is 0.164. The summed E-state index contributed by atoms with van der Waals surface area (Å²) in [7, 11) is 0. The van der Waals surface area contributed by atoms with Crippen LogP contribution in [0.4, 0.5) is 17.1 Å². The maximum Gasteiger partial charge on any atom is 0.0538 e. The van der Waals surface area contributed by atoms with Crippen molar-refractivity contribution in [3.63, 3.8) is 0 Å². The molecule has 2 nitrogen and oxygen atoms in total. The number of nitrogens with zero attached hydrogens (tertiary/aromatic N) is 2. The lowest BCUT2D eigenvalue weighted by Crippen LogP contribution is -2.18. The van der Waals surface area contributed by atoms with Gasteiger partial charge in [0.15, 0.2) is 0 Å². The Balaban J connectivity index is 1.01. The molecule has 11 rings (SSSR count). The van der Waals surface area contributed by atoms with Crippen molar-refractivity contribution in [1.29, 1.82) is 0 Å². The van der Waals surface area contributed by atoms with Gasteiger partial charge in [-0.1, -0.05) is 155 Å². The van der Waals surface area contributed by atoms with Gasteiger partial charge in [-0.25, -0.2) is 0 Å². The zero-order valence-corrected chi connectivity index (χ0v) is 34.9. The number of fused-ring (bicyclic) bond motifs is 7. The van der Waals surface area contributed by atoms with Crippen molar-refractivity contribution in [3.05, 3.63) is 216 Å². The Bertz CT molecular complexity index is 2950. The molecule has 3 unspecified atom stereocenters. The maximum atomic E-state index is 2.49. The fraction of sp³-hybridized carbons (Fsp3) is 0.172. The third kappa shape index (κ3) is 6.00. The minimum absolute atomic E-state index is 0.0629. The van der Waals surface area contributed by atoms with Gasteiger partial charge in [0.1, 0.15) is 0 Å². The van der Waals surface area contributed by atoms with E-state index < -0.39 is 0 Å². The summed E-state index contributed by atoms with van der Waals surface area (Å²) in [6.07, 6.45) is 29.9. The number of hydrogen-bond acceptors (Lipinski definition) is 1. The van der Waals surface area contributed by atoms with Gasteiger partial charge in [-0.2, -0.15) is 0 Å². The summed E-state index contributed by atoms with van der Waals surface area (Å²) in [6, 6.07) is 43.2. The largest absolute Gasteiger partial charge is 0.310 e. The van der Waals surface area contributed by atoms with Gasteiger partial charge in [0.05, 0.1) is 11.2 Å². The Labute approximate surface area is 354 Å². The second kappa shape index (κ2) is 14.3. The molecule has 60 heavy (non-hydrogen) atoms. The van der Waals surface area contributed by atoms with Crippen LogP contribution in [0.5, 0.6) is 0 Å². The topological polar surface area (TPSA) is 8.17 Å². The maximum absolute atomic E-state index is 2.49. The molecule has 0 saturated carbocycles. The number of allylic oxidation sites excluding steroid dienone is 15. The van der Waals surface area contributed by atoms with Crippen LogP contribution in [0.2, 0.25) is 0 Å². The van der Waals surface area contributed by atoms with Gasteiger partial charge in [-0.05, 0) is 141 Å². The summed E-state index contributed by atoms with van der Waals surface area (Å²) < 4.78 is 2.49. The third-order valence-corrected chi connectivity index (χ3v) is 13.6. The summed E-state index contributed by atoms with van der Waals surface area (Å²) >= 11 is 0. The highest BCUT2D eigenvalue weighted by Gasteiger charge is 2.39. The van der Waals surface area contributed by atoms with E-state index in [4.69, 9.17) is 0 Å². The van der Waals surface area contributed by atoms with E-state index in [0.717, 1.165) is 24.2 Å². The molecule has 5 aliphatic carbocycles. The first-order chi connectivity index (χ1) is 29.3. The van der Waals surface area contributed by atoms with Gasteiger partial charge in [0.2, 0.25) is 0 Å². The lowest BCUT2D eigenvalue weighted by Gasteiger charge is -2.29. The van der Waals surface area contributed by atoms with Crippen molar-refractivity contribution in [2.75, 3.05) is 4.90 Å². The predicted molar refractivity (Wildman–Crippen MR) is 256 cm³/mol. The smallest absolute Gasteiger partial charge is 0.0538 e. The van der Waals surface area contributed by atoms with E-state index in [-0.39, 0.29) is 11.3 Å². The molecule has 0 aliphatic heterocycles. The van der Waals surface area contributed by atoms with E-state index in [1.54, 1.807) is 0 Å². The highest BCUT2D eigenvalue weighted by molar-refractivity contribution is 5.97. The van der Waals surface area contributed by atoms with Crippen molar-refractivity contribution in [1.82, 2.24) is 4.57 Å². The molecule has 5 aromatic carbocycles. The highest BCUT2D eigenvalue weighted by Crippen LogP contribution is 2.53. The third-order valence-electron chi connectivity index (χ3n) is 13.6. The second-order valence-electron chi connectivity index (χ2n) is 17.9. The second-order valence-corrected chi connectivity index (χ2v) is 17.9. The Morgan fingerprint density at radius 2 is 1.32 bits per heavy atom. The van der Waals surface area contributed by atoms with Gasteiger partial charge in [-0.15, -0.1) is 0 Å². The lowest BCUT2D eigenvalue weighted by molar-refractivity contribution is 0.643. The van der Waals surface area contributed by atoms with Crippen LogP contribution in [-0.2, 0) is 5.41 Å². The molecular formula is C58H50N2. The molecule has 0 spiro atoms. The van der Waals surface area contributed by atoms with Crippen molar-refractivity contribution in [2.45, 2.75) is 51.9 Å². The molecule has 0 fully saturated rings. The molecule has 3 atom stereocenters. The molecule has 0 radical (unpaired) electrons. The van der Waals surface area contributed by atoms with Crippen molar-refractivity contribution >= 4 is 45.3 Å². The number of hydrogen-bond donors (Lipinski definition) is 0. The van der Waals surface area contributed by atoms with Crippen molar-refractivity contribution in [3.8, 4) is 22.3 Å². The van der Waals surface area contributed by atoms with Gasteiger partial charge >= 0.3 is 0 Å². The zero-order valence-electron chi connectivity index (χ0n) is 34.9. The van der Waals surface area contributed by atoms with Crippen LogP contribution in [-0.4, -0.2) is 4.57 Å². The van der Waals surface area contributed by atoms with E-state index in [1.807, 2.05) is 0 Å². The first kappa shape index (κ1) is 36.4. The molecule has 0 saturated heterocycles. The first-order valence-corrected chi connectivity index (χ1v) is 21.8. The first-order valence-electron chi connectivity index (χ1n) is 21.8. The van der Waals surface area contributed by atoms with Crippen LogP contribution in [0, 0.1) is 11.8 Å². The van der Waals surface area contributed by atoms with Gasteiger partial charge < -0.3 is 9.47 Å². The summed E-state index contributed by atoms with van der Waals surface area (Å²) in [5, 5.41) is 1.30. The van der Waals surface area contributed by atoms with E-state index >= 15 is 0 Å². The Kier molecular flexibility index (Phi) is 8.67. The Hall–Kier alpha value is -6.64. The standard InChI is InChI=1S/C58H50N2/c1-38-12-10-18-48(34-38)60-54-33-25-44(36-51(54)57-45-17-9-8-14-40(35-45)20-32-55(57)60)43-23-28-47(29-24-43)59(46-26-21-42(22-27-46)41-15-6-5-7-16-41)49-30-31-50-53(37-49)58(3,4)52-19-11-13-39(2)56(50)52/h5-11,14-39,45H,12-13H2,1-4H3. The van der Waals surface area contributed by atoms with Crippen molar-refractivity contribution < 1.29 is 0 Å². The average molecular weight is 775 g/mol. The molecule has 6 aromatic rings. The normalized spacial score (nSPS) is 20.6. The van der Waals surface area contributed by atoms with Crippen LogP contribution >= 0.6 is 0 Å². The summed E-state index contributed by atoms with van der Waals surface area (Å²) in [5.41, 5.74) is 20.5. The number of anilines is 3. The Morgan fingerprint density at radius 3 is 2.08 bits per heavy atom. The van der Waals surface area contributed by atoms with Gasteiger partial charge in [-0.3, -0.25) is 0 Å². The molecule has 1 aromatic heterocycles. The van der Waals surface area contributed by atoms with E-state index in [1.165, 1.54) is 83.6 Å². The summed E-state index contributed by atoms with van der Waals surface area (Å²) in [6.45, 7) is 9.49. The molecular weight excluding hydrogens is 725 g/mol. The van der Waals surface area contributed by atoms with E-state index in [9.17, 15) is 0 Å². The minimum atomic E-state index is -0.0629. The molecule has 292 valence electrons. The number of aromatic nitrogens is 1. The average Bonchev–Trinajstić information content (AvgIpc) is 3.47. The predicted octanol–water partition coefficient (Wildman–Crippen LogP) is 15.7. The van der Waals surface area contributed by atoms with Crippen LogP contribution in [0.3, 0.4) is 0 Å². The monoisotopic (exact) mass is 774 g/mol. The summed E-state index contributed by atoms with van der Waals surface area (Å²) in [4.78, 5) is 2.43. The van der Waals surface area contributed by atoms with Gasteiger partial charge in [0.25, 0.3) is 0 Å². The number of benzene rings is 5.